The Hall–Kier alpha value is -2.42. The van der Waals surface area contributed by atoms with Gasteiger partial charge in [0.2, 0.25) is 15.9 Å². The topological polar surface area (TPSA) is 81.2 Å². The number of fused-ring (bicyclic) bond motifs is 3. The first kappa shape index (κ1) is 26.6. The first-order valence-corrected chi connectivity index (χ1v) is 14.6. The molecule has 0 saturated carbocycles. The second-order valence-electron chi connectivity index (χ2n) is 11.3. The fourth-order valence-corrected chi connectivity index (χ4v) is 7.31. The average molecular weight is 514 g/mol. The second kappa shape index (κ2) is 10.1. The van der Waals surface area contributed by atoms with E-state index in [4.69, 9.17) is 0 Å². The summed E-state index contributed by atoms with van der Waals surface area (Å²) in [5, 5.41) is 11.2. The van der Waals surface area contributed by atoms with Crippen LogP contribution in [0.4, 0.5) is 5.69 Å². The molecule has 2 bridgehead atoms. The molecule has 36 heavy (non-hydrogen) atoms. The summed E-state index contributed by atoms with van der Waals surface area (Å²) < 4.78 is 27.5. The van der Waals surface area contributed by atoms with Crippen LogP contribution in [-0.4, -0.2) is 60.1 Å². The number of aromatic hydroxyl groups is 1. The van der Waals surface area contributed by atoms with E-state index in [1.54, 1.807) is 16.1 Å². The number of benzene rings is 2. The average Bonchev–Trinajstić information content (AvgIpc) is 3.16. The molecule has 196 valence electrons. The van der Waals surface area contributed by atoms with Crippen LogP contribution < -0.4 is 4.90 Å². The van der Waals surface area contributed by atoms with Gasteiger partial charge in [0.25, 0.3) is 0 Å². The van der Waals surface area contributed by atoms with E-state index in [9.17, 15) is 18.3 Å². The fraction of sp³-hybridized carbons (Fsp3) is 0.536. The van der Waals surface area contributed by atoms with Gasteiger partial charge in [-0.05, 0) is 41.9 Å². The van der Waals surface area contributed by atoms with Crippen molar-refractivity contribution in [2.24, 2.45) is 0 Å². The van der Waals surface area contributed by atoms with Crippen LogP contribution in [0.1, 0.15) is 63.6 Å². The van der Waals surface area contributed by atoms with Crippen molar-refractivity contribution in [3.8, 4) is 5.75 Å². The summed E-state index contributed by atoms with van der Waals surface area (Å²) in [7, 11) is -3.42. The number of nitrogens with zero attached hydrogens (tertiary/aromatic N) is 3. The number of phenolic OH excluding ortho intramolecular Hbond substituents is 1. The number of phenols is 1. The lowest BCUT2D eigenvalue weighted by Crippen LogP contribution is -2.46. The van der Waals surface area contributed by atoms with Crippen LogP contribution in [0.2, 0.25) is 0 Å². The van der Waals surface area contributed by atoms with Crippen molar-refractivity contribution in [1.82, 2.24) is 9.21 Å². The Balaban J connectivity index is 1.78. The third kappa shape index (κ3) is 5.61. The van der Waals surface area contributed by atoms with Crippen molar-refractivity contribution in [2.45, 2.75) is 77.5 Å². The van der Waals surface area contributed by atoms with E-state index in [1.807, 2.05) is 42.5 Å². The Morgan fingerprint density at radius 2 is 1.72 bits per heavy atom. The highest BCUT2D eigenvalue weighted by atomic mass is 32.2. The minimum Gasteiger partial charge on any atom is -0.507 e. The monoisotopic (exact) mass is 513 g/mol. The van der Waals surface area contributed by atoms with Gasteiger partial charge in [0.1, 0.15) is 5.75 Å². The largest absolute Gasteiger partial charge is 0.507 e. The zero-order valence-corrected chi connectivity index (χ0v) is 22.9. The second-order valence-corrected chi connectivity index (χ2v) is 13.2. The Bertz CT molecular complexity index is 1220. The van der Waals surface area contributed by atoms with E-state index >= 15 is 0 Å². The molecular formula is C28H39N3O4S. The summed E-state index contributed by atoms with van der Waals surface area (Å²) in [5.74, 6) is 0.242. The molecule has 1 fully saturated rings. The lowest BCUT2D eigenvalue weighted by molar-refractivity contribution is -0.116. The maximum Gasteiger partial charge on any atom is 0.223 e. The molecule has 0 aromatic heterocycles. The molecule has 2 heterocycles. The number of amides is 1. The molecule has 2 aliphatic rings. The van der Waals surface area contributed by atoms with Crippen LogP contribution >= 0.6 is 0 Å². The predicted molar refractivity (Wildman–Crippen MR) is 143 cm³/mol. The summed E-state index contributed by atoms with van der Waals surface area (Å²) >= 11 is 0. The molecule has 0 aliphatic carbocycles. The normalized spacial score (nSPS) is 22.2. The van der Waals surface area contributed by atoms with Crippen LogP contribution in [0.5, 0.6) is 5.75 Å². The van der Waals surface area contributed by atoms with Gasteiger partial charge < -0.3 is 10.0 Å². The van der Waals surface area contributed by atoms with Crippen LogP contribution in [0.3, 0.4) is 0 Å². The highest BCUT2D eigenvalue weighted by Crippen LogP contribution is 2.36. The molecule has 0 radical (unpaired) electrons. The van der Waals surface area contributed by atoms with Crippen LogP contribution in [0, 0.1) is 0 Å². The Morgan fingerprint density at radius 3 is 2.39 bits per heavy atom. The predicted octanol–water partition coefficient (Wildman–Crippen LogP) is 4.24. The van der Waals surface area contributed by atoms with Crippen LogP contribution in [0.25, 0.3) is 0 Å². The molecule has 1 amide bonds. The number of carbonyl (C=O) groups is 1. The summed E-state index contributed by atoms with van der Waals surface area (Å²) in [4.78, 5) is 16.7. The van der Waals surface area contributed by atoms with Crippen molar-refractivity contribution in [3.05, 3.63) is 59.2 Å². The highest BCUT2D eigenvalue weighted by molar-refractivity contribution is 7.88. The number of para-hydroxylation sites is 2. The number of sulfonamides is 1. The standard InChI is InChI=1S/C28H39N3O4S/c1-20(32)30-16-15-23-13-14-24(31(23)36(5,34)35)19-29(17-21-9-6-7-12-26(21)30)18-22-10-8-11-25(27(22)33)28(2,3)4/h6-12,23-24,33H,13-19H2,1-5H3/t23-,24+/m1/s1. The molecule has 0 unspecified atom stereocenters. The van der Waals surface area contributed by atoms with Gasteiger partial charge in [-0.15, -0.1) is 0 Å². The first-order valence-electron chi connectivity index (χ1n) is 12.7. The number of hydrogen-bond donors (Lipinski definition) is 1. The van der Waals surface area contributed by atoms with Crippen molar-refractivity contribution >= 4 is 21.6 Å². The first-order chi connectivity index (χ1) is 16.9. The van der Waals surface area contributed by atoms with E-state index in [2.05, 4.69) is 25.7 Å². The van der Waals surface area contributed by atoms with Crippen molar-refractivity contribution in [1.29, 1.82) is 0 Å². The van der Waals surface area contributed by atoms with Crippen LogP contribution in [0.15, 0.2) is 42.5 Å². The van der Waals surface area contributed by atoms with Gasteiger partial charge in [0.05, 0.1) is 6.26 Å². The molecule has 2 aliphatic heterocycles. The zero-order valence-electron chi connectivity index (χ0n) is 22.1. The molecule has 2 aromatic carbocycles. The molecule has 2 aromatic rings. The van der Waals surface area contributed by atoms with E-state index in [-0.39, 0.29) is 23.4 Å². The highest BCUT2D eigenvalue weighted by Gasteiger charge is 2.41. The number of anilines is 1. The Morgan fingerprint density at radius 1 is 1.03 bits per heavy atom. The van der Waals surface area contributed by atoms with Crippen molar-refractivity contribution in [3.63, 3.8) is 0 Å². The fourth-order valence-electron chi connectivity index (χ4n) is 5.84. The van der Waals surface area contributed by atoms with Gasteiger partial charge in [-0.1, -0.05) is 57.2 Å². The van der Waals surface area contributed by atoms with Gasteiger partial charge >= 0.3 is 0 Å². The van der Waals surface area contributed by atoms with Crippen molar-refractivity contribution in [2.75, 3.05) is 24.2 Å². The van der Waals surface area contributed by atoms with E-state index in [0.717, 1.165) is 35.2 Å². The van der Waals surface area contributed by atoms with Gasteiger partial charge in [-0.25, -0.2) is 8.42 Å². The van der Waals surface area contributed by atoms with Gasteiger partial charge in [0, 0.05) is 56.4 Å². The Kier molecular flexibility index (Phi) is 7.51. The molecule has 8 heteroatoms. The summed E-state index contributed by atoms with van der Waals surface area (Å²) in [6.07, 6.45) is 3.46. The molecule has 2 atom stereocenters. The van der Waals surface area contributed by atoms with E-state index in [0.29, 0.717) is 38.3 Å². The summed E-state index contributed by atoms with van der Waals surface area (Å²) in [5.41, 5.74) is 3.39. The smallest absolute Gasteiger partial charge is 0.223 e. The number of rotatable bonds is 3. The molecule has 4 rings (SSSR count). The molecule has 0 spiro atoms. The lowest BCUT2D eigenvalue weighted by Gasteiger charge is -2.32. The number of hydrogen-bond acceptors (Lipinski definition) is 5. The molecule has 1 N–H and O–H groups in total. The third-order valence-corrected chi connectivity index (χ3v) is 8.83. The minimum atomic E-state index is -3.42. The third-order valence-electron chi connectivity index (χ3n) is 7.47. The number of carbonyl (C=O) groups excluding carboxylic acids is 1. The molecule has 1 saturated heterocycles. The molecule has 7 nitrogen and oxygen atoms in total. The maximum absolute atomic E-state index is 12.9. The summed E-state index contributed by atoms with van der Waals surface area (Å²) in [6, 6.07) is 13.5. The van der Waals surface area contributed by atoms with Gasteiger partial charge in [-0.2, -0.15) is 4.31 Å². The Labute approximate surface area is 215 Å². The zero-order chi connectivity index (χ0) is 26.3. The van der Waals surface area contributed by atoms with Crippen molar-refractivity contribution < 1.29 is 18.3 Å². The van der Waals surface area contributed by atoms with E-state index < -0.39 is 10.0 Å². The van der Waals surface area contributed by atoms with Gasteiger partial charge in [-0.3, -0.25) is 9.69 Å². The molecular weight excluding hydrogens is 474 g/mol. The van der Waals surface area contributed by atoms with E-state index in [1.165, 1.54) is 6.26 Å². The summed E-state index contributed by atoms with van der Waals surface area (Å²) in [6.45, 7) is 9.84. The SMILES string of the molecule is CC(=O)N1CC[C@H]2CC[C@@H](CN(Cc3cccc(C(C)(C)C)c3O)Cc3ccccc31)N2S(C)(=O)=O. The van der Waals surface area contributed by atoms with Crippen LogP contribution in [-0.2, 0) is 33.3 Å². The quantitative estimate of drug-likeness (QED) is 0.664. The maximum atomic E-state index is 12.9. The minimum absolute atomic E-state index is 0.0516. The lowest BCUT2D eigenvalue weighted by atomic mass is 9.85. The van der Waals surface area contributed by atoms with Gasteiger partial charge in [0.15, 0.2) is 0 Å².